The maximum Gasteiger partial charge on any atom is 0.160 e. The van der Waals surface area contributed by atoms with Crippen molar-refractivity contribution in [3.05, 3.63) is 192 Å². The molecule has 8 aromatic rings. The molecule has 2 aliphatic rings. The lowest BCUT2D eigenvalue weighted by molar-refractivity contribution is 0.484. The van der Waals surface area contributed by atoms with Gasteiger partial charge < -0.3 is 4.74 Å². The zero-order chi connectivity index (χ0) is 36.2. The number of hydrogen-bond acceptors (Lipinski definition) is 3. The molecule has 0 amide bonds. The molecule has 0 bridgehead atoms. The maximum absolute atomic E-state index is 7.15. The standard InChI is InChI=1S/C51H36N2O/c1-51(2)44-23-13-11-21-39(44)42-30-43-41-29-37(50-52-46(35-16-5-3-6-17-35)32-47(53-50)36-18-7-4-8-19-36)28-27-34(41)26-25-33-15-9-10-20-38(33)40-22-12-14-24-48(40)54-49(43)31-45(42)51/h3-32H,1-2H3/b26-25-. The molecular formula is C51H36N2O. The van der Waals surface area contributed by atoms with Crippen LogP contribution in [0, 0.1) is 0 Å². The van der Waals surface area contributed by atoms with Crippen LogP contribution in [0.25, 0.3) is 79.4 Å². The van der Waals surface area contributed by atoms with E-state index >= 15 is 0 Å². The van der Waals surface area contributed by atoms with Crippen LogP contribution in [-0.4, -0.2) is 9.97 Å². The van der Waals surface area contributed by atoms with E-state index in [1.165, 1.54) is 22.3 Å². The van der Waals surface area contributed by atoms with Gasteiger partial charge in [0.15, 0.2) is 5.82 Å². The number of nitrogens with zero attached hydrogens (tertiary/aromatic N) is 2. The van der Waals surface area contributed by atoms with Gasteiger partial charge in [0.05, 0.1) is 11.4 Å². The summed E-state index contributed by atoms with van der Waals surface area (Å²) in [6, 6.07) is 59.7. The van der Waals surface area contributed by atoms with E-state index in [-0.39, 0.29) is 5.41 Å². The number of para-hydroxylation sites is 1. The lowest BCUT2D eigenvalue weighted by Crippen LogP contribution is -2.15. The molecular weight excluding hydrogens is 657 g/mol. The molecule has 7 aromatic carbocycles. The van der Waals surface area contributed by atoms with Crippen molar-refractivity contribution in [2.75, 3.05) is 0 Å². The third kappa shape index (κ3) is 5.36. The minimum atomic E-state index is -0.188. The molecule has 1 aromatic heterocycles. The highest BCUT2D eigenvalue weighted by Gasteiger charge is 2.37. The van der Waals surface area contributed by atoms with Crippen LogP contribution < -0.4 is 4.74 Å². The fourth-order valence-corrected chi connectivity index (χ4v) is 8.15. The van der Waals surface area contributed by atoms with Crippen LogP contribution in [-0.2, 0) is 5.41 Å². The summed E-state index contributed by atoms with van der Waals surface area (Å²) >= 11 is 0. The van der Waals surface area contributed by atoms with Gasteiger partial charge >= 0.3 is 0 Å². The number of rotatable bonds is 3. The first-order chi connectivity index (χ1) is 26.5. The van der Waals surface area contributed by atoms with Gasteiger partial charge in [-0.25, -0.2) is 9.97 Å². The van der Waals surface area contributed by atoms with Gasteiger partial charge in [-0.3, -0.25) is 0 Å². The van der Waals surface area contributed by atoms with Gasteiger partial charge in [0.2, 0.25) is 0 Å². The lowest BCUT2D eigenvalue weighted by Gasteiger charge is -2.23. The monoisotopic (exact) mass is 692 g/mol. The highest BCUT2D eigenvalue weighted by Crippen LogP contribution is 2.53. The molecule has 3 heteroatoms. The van der Waals surface area contributed by atoms with Crippen LogP contribution >= 0.6 is 0 Å². The first-order valence-electron chi connectivity index (χ1n) is 18.5. The van der Waals surface area contributed by atoms with E-state index in [0.29, 0.717) is 5.82 Å². The van der Waals surface area contributed by atoms with E-state index < -0.39 is 0 Å². The van der Waals surface area contributed by atoms with Crippen LogP contribution in [0.4, 0.5) is 0 Å². The molecule has 0 unspecified atom stereocenters. The smallest absolute Gasteiger partial charge is 0.160 e. The Hall–Kier alpha value is -6.84. The molecule has 10 rings (SSSR count). The quantitative estimate of drug-likeness (QED) is 0.185. The van der Waals surface area contributed by atoms with Crippen molar-refractivity contribution < 1.29 is 4.74 Å². The Labute approximate surface area is 316 Å². The van der Waals surface area contributed by atoms with Crippen molar-refractivity contribution in [1.29, 1.82) is 0 Å². The number of fused-ring (bicyclic) bond motifs is 9. The molecule has 54 heavy (non-hydrogen) atoms. The van der Waals surface area contributed by atoms with Crippen molar-refractivity contribution >= 4 is 12.2 Å². The molecule has 0 fully saturated rings. The summed E-state index contributed by atoms with van der Waals surface area (Å²) in [5.41, 5.74) is 16.1. The van der Waals surface area contributed by atoms with Crippen molar-refractivity contribution in [2.45, 2.75) is 19.3 Å². The van der Waals surface area contributed by atoms with Crippen LogP contribution in [0.3, 0.4) is 0 Å². The van der Waals surface area contributed by atoms with Crippen molar-refractivity contribution in [3.63, 3.8) is 0 Å². The van der Waals surface area contributed by atoms with Gasteiger partial charge in [0, 0.05) is 33.2 Å². The Kier molecular flexibility index (Phi) is 7.48. The molecule has 0 saturated heterocycles. The first kappa shape index (κ1) is 31.9. The van der Waals surface area contributed by atoms with Gasteiger partial charge in [-0.1, -0.05) is 166 Å². The molecule has 0 N–H and O–H groups in total. The van der Waals surface area contributed by atoms with Crippen LogP contribution in [0.5, 0.6) is 11.5 Å². The molecule has 0 spiro atoms. The topological polar surface area (TPSA) is 35.0 Å². The highest BCUT2D eigenvalue weighted by atomic mass is 16.5. The summed E-state index contributed by atoms with van der Waals surface area (Å²) in [5.74, 6) is 2.30. The predicted octanol–water partition coefficient (Wildman–Crippen LogP) is 13.4. The highest BCUT2D eigenvalue weighted by molar-refractivity contribution is 5.93. The molecule has 2 heterocycles. The normalized spacial score (nSPS) is 13.8. The summed E-state index contributed by atoms with van der Waals surface area (Å²) < 4.78 is 7.15. The average molecular weight is 693 g/mol. The Morgan fingerprint density at radius 3 is 1.70 bits per heavy atom. The summed E-state index contributed by atoms with van der Waals surface area (Å²) in [6.45, 7) is 4.63. The summed E-state index contributed by atoms with van der Waals surface area (Å²) in [7, 11) is 0. The minimum absolute atomic E-state index is 0.188. The Bertz CT molecular complexity index is 2710. The molecule has 0 atom stereocenters. The van der Waals surface area contributed by atoms with Gasteiger partial charge in [0.1, 0.15) is 11.5 Å². The van der Waals surface area contributed by atoms with Crippen LogP contribution in [0.1, 0.15) is 36.1 Å². The molecule has 0 radical (unpaired) electrons. The lowest BCUT2D eigenvalue weighted by atomic mass is 9.81. The minimum Gasteiger partial charge on any atom is -0.456 e. The number of ether oxygens (including phenoxy) is 1. The zero-order valence-electron chi connectivity index (χ0n) is 30.1. The summed E-state index contributed by atoms with van der Waals surface area (Å²) in [4.78, 5) is 10.4. The van der Waals surface area contributed by atoms with E-state index in [2.05, 4.69) is 184 Å². The van der Waals surface area contributed by atoms with Gasteiger partial charge in [-0.05, 0) is 74.8 Å². The second-order valence-corrected chi connectivity index (χ2v) is 14.6. The average Bonchev–Trinajstić information content (AvgIpc) is 3.44. The van der Waals surface area contributed by atoms with Gasteiger partial charge in [-0.2, -0.15) is 0 Å². The maximum atomic E-state index is 7.15. The zero-order valence-corrected chi connectivity index (χ0v) is 30.1. The van der Waals surface area contributed by atoms with E-state index in [0.717, 1.165) is 73.0 Å². The molecule has 3 nitrogen and oxygen atoms in total. The summed E-state index contributed by atoms with van der Waals surface area (Å²) in [6.07, 6.45) is 4.46. The van der Waals surface area contributed by atoms with Crippen molar-refractivity contribution in [1.82, 2.24) is 9.97 Å². The Morgan fingerprint density at radius 1 is 0.389 bits per heavy atom. The summed E-state index contributed by atoms with van der Waals surface area (Å²) in [5, 5.41) is 0. The molecule has 1 aliphatic heterocycles. The predicted molar refractivity (Wildman–Crippen MR) is 222 cm³/mol. The first-order valence-corrected chi connectivity index (χ1v) is 18.5. The second-order valence-electron chi connectivity index (χ2n) is 14.6. The third-order valence-electron chi connectivity index (χ3n) is 11.0. The van der Waals surface area contributed by atoms with Crippen LogP contribution in [0.15, 0.2) is 170 Å². The second kappa shape index (κ2) is 12.7. The number of benzene rings is 7. The number of hydrogen-bond donors (Lipinski definition) is 0. The molecule has 256 valence electrons. The van der Waals surface area contributed by atoms with E-state index in [9.17, 15) is 0 Å². The van der Waals surface area contributed by atoms with Gasteiger partial charge in [0.25, 0.3) is 0 Å². The Balaban J connectivity index is 1.24. The van der Waals surface area contributed by atoms with Crippen molar-refractivity contribution in [2.24, 2.45) is 0 Å². The Morgan fingerprint density at radius 2 is 0.981 bits per heavy atom. The van der Waals surface area contributed by atoms with Gasteiger partial charge in [-0.15, -0.1) is 0 Å². The van der Waals surface area contributed by atoms with E-state index in [4.69, 9.17) is 14.7 Å². The SMILES string of the molecule is CC1(C)c2ccccc2-c2cc3c(cc21)Oc1ccccc1-c1ccccc1/C=C\c1ccc(-c2nc(-c4ccccc4)cc(-c4ccccc4)n2)cc1-3. The van der Waals surface area contributed by atoms with Crippen LogP contribution in [0.2, 0.25) is 0 Å². The fourth-order valence-electron chi connectivity index (χ4n) is 8.15. The number of aromatic nitrogens is 2. The largest absolute Gasteiger partial charge is 0.456 e. The third-order valence-corrected chi connectivity index (χ3v) is 11.0. The van der Waals surface area contributed by atoms with E-state index in [1.807, 2.05) is 12.1 Å². The fraction of sp³-hybridized carbons (Fsp3) is 0.0588. The molecule has 0 saturated carbocycles. The van der Waals surface area contributed by atoms with E-state index in [1.54, 1.807) is 0 Å². The molecule has 1 aliphatic carbocycles. The van der Waals surface area contributed by atoms with Crippen molar-refractivity contribution in [3.8, 4) is 78.8 Å².